The van der Waals surface area contributed by atoms with Crippen molar-refractivity contribution < 1.29 is 0 Å². The molecule has 0 amide bonds. The Balaban J connectivity index is 2.13. The number of nitrogens with one attached hydrogen (secondary N) is 1. The Morgan fingerprint density at radius 1 is 1.29 bits per heavy atom. The molecule has 8 heteroatoms. The summed E-state index contributed by atoms with van der Waals surface area (Å²) in [6, 6.07) is 5.52. The second-order valence-corrected chi connectivity index (χ2v) is 4.77. The number of fused-ring (bicyclic) bond motifs is 1. The summed E-state index contributed by atoms with van der Waals surface area (Å²) in [5.41, 5.74) is 3.38. The van der Waals surface area contributed by atoms with Crippen LogP contribution in [-0.4, -0.2) is 24.5 Å². The monoisotopic (exact) mass is 320 g/mol. The van der Waals surface area contributed by atoms with E-state index < -0.39 is 0 Å². The molecule has 3 aromatic rings. The molecule has 0 saturated carbocycles. The number of pyridine rings is 1. The van der Waals surface area contributed by atoms with Crippen molar-refractivity contribution in [2.45, 2.75) is 6.92 Å². The van der Waals surface area contributed by atoms with Crippen molar-refractivity contribution >= 4 is 51.7 Å². The largest absolute Gasteiger partial charge is 0.323 e. The second-order valence-electron chi connectivity index (χ2n) is 4.22. The molecule has 0 saturated heterocycles. The number of hydrogen-bond acceptors (Lipinski definition) is 5. The van der Waals surface area contributed by atoms with Gasteiger partial charge in [0, 0.05) is 17.4 Å². The van der Waals surface area contributed by atoms with E-state index in [0.717, 1.165) is 5.70 Å². The van der Waals surface area contributed by atoms with Crippen LogP contribution >= 0.6 is 23.2 Å². The third-order valence-corrected chi connectivity index (χ3v) is 3.30. The first-order chi connectivity index (χ1) is 10.2. The van der Waals surface area contributed by atoms with Gasteiger partial charge < -0.3 is 5.32 Å². The lowest BCUT2D eigenvalue weighted by atomic mass is 10.4. The second kappa shape index (κ2) is 5.67. The van der Waals surface area contributed by atoms with Crippen LogP contribution in [-0.2, 0) is 0 Å². The fourth-order valence-electron chi connectivity index (χ4n) is 1.83. The Kier molecular flexibility index (Phi) is 3.72. The lowest BCUT2D eigenvalue weighted by Gasteiger charge is -2.06. The van der Waals surface area contributed by atoms with Crippen LogP contribution in [0.25, 0.3) is 16.9 Å². The number of rotatable bonds is 3. The van der Waals surface area contributed by atoms with Crippen LogP contribution in [0.4, 0.5) is 11.6 Å². The summed E-state index contributed by atoms with van der Waals surface area (Å²) < 4.78 is 1.74. The maximum absolute atomic E-state index is 5.99. The first kappa shape index (κ1) is 13.8. The maximum atomic E-state index is 5.99. The van der Waals surface area contributed by atoms with Gasteiger partial charge in [0.25, 0.3) is 0 Å². The zero-order chi connectivity index (χ0) is 14.8. The molecule has 0 bridgehead atoms. The predicted molar refractivity (Wildman–Crippen MR) is 83.7 cm³/mol. The Hall–Kier alpha value is -2.18. The van der Waals surface area contributed by atoms with Gasteiger partial charge in [0.1, 0.15) is 12.1 Å². The molecule has 106 valence electrons. The molecule has 0 aliphatic rings. The van der Waals surface area contributed by atoms with Gasteiger partial charge in [-0.05, 0) is 30.7 Å². The molecule has 3 aromatic heterocycles. The quantitative estimate of drug-likeness (QED) is 0.745. The van der Waals surface area contributed by atoms with Gasteiger partial charge in [-0.2, -0.15) is 9.97 Å². The maximum Gasteiger partial charge on any atom is 0.226 e. The molecule has 6 nitrogen and oxygen atoms in total. The highest BCUT2D eigenvalue weighted by Gasteiger charge is 2.13. The van der Waals surface area contributed by atoms with Gasteiger partial charge in [-0.1, -0.05) is 17.7 Å². The number of allylic oxidation sites excluding steroid dienone is 1. The molecule has 0 fully saturated rings. The van der Waals surface area contributed by atoms with Gasteiger partial charge in [-0.3, -0.25) is 4.57 Å². The minimum atomic E-state index is 0.116. The van der Waals surface area contributed by atoms with Gasteiger partial charge in [-0.25, -0.2) is 9.97 Å². The molecule has 0 spiro atoms. The minimum absolute atomic E-state index is 0.116. The van der Waals surface area contributed by atoms with E-state index in [2.05, 4.69) is 25.3 Å². The molecular formula is C13H10Cl2N6. The molecule has 0 aliphatic carbocycles. The van der Waals surface area contributed by atoms with Gasteiger partial charge in [-0.15, -0.1) is 0 Å². The van der Waals surface area contributed by atoms with E-state index in [4.69, 9.17) is 23.2 Å². The molecule has 3 heterocycles. The lowest BCUT2D eigenvalue weighted by Crippen LogP contribution is -2.00. The molecule has 3 rings (SSSR count). The van der Waals surface area contributed by atoms with Crippen LogP contribution in [0, 0.1) is 0 Å². The summed E-state index contributed by atoms with van der Waals surface area (Å²) in [4.78, 5) is 16.9. The molecule has 0 aromatic carbocycles. The first-order valence-corrected chi connectivity index (χ1v) is 6.86. The van der Waals surface area contributed by atoms with Crippen molar-refractivity contribution in [1.29, 1.82) is 0 Å². The van der Waals surface area contributed by atoms with Crippen LogP contribution < -0.4 is 5.32 Å². The highest BCUT2D eigenvalue weighted by atomic mass is 35.5. The molecule has 21 heavy (non-hydrogen) atoms. The van der Waals surface area contributed by atoms with E-state index >= 15 is 0 Å². The molecular weight excluding hydrogens is 311 g/mol. The zero-order valence-electron chi connectivity index (χ0n) is 11.0. The molecule has 0 atom stereocenters. The van der Waals surface area contributed by atoms with Gasteiger partial charge in [0.2, 0.25) is 5.28 Å². The molecule has 1 N–H and O–H groups in total. The smallest absolute Gasteiger partial charge is 0.226 e. The van der Waals surface area contributed by atoms with E-state index in [1.54, 1.807) is 17.1 Å². The topological polar surface area (TPSA) is 68.5 Å². The minimum Gasteiger partial charge on any atom is -0.323 e. The third-order valence-electron chi connectivity index (χ3n) is 2.82. The summed E-state index contributed by atoms with van der Waals surface area (Å²) in [6.45, 7) is 1.84. The van der Waals surface area contributed by atoms with Crippen LogP contribution in [0.15, 0.2) is 36.3 Å². The highest BCUT2D eigenvalue weighted by Crippen LogP contribution is 2.25. The Morgan fingerprint density at radius 3 is 2.86 bits per heavy atom. The van der Waals surface area contributed by atoms with Crippen molar-refractivity contribution in [1.82, 2.24) is 24.5 Å². The number of hydrogen-bond donors (Lipinski definition) is 1. The van der Waals surface area contributed by atoms with Crippen LogP contribution in [0.1, 0.15) is 6.92 Å². The number of aromatic nitrogens is 5. The summed E-state index contributed by atoms with van der Waals surface area (Å²) in [6.07, 6.45) is 3.30. The van der Waals surface area contributed by atoms with E-state index in [-0.39, 0.29) is 5.28 Å². The number of anilines is 2. The predicted octanol–water partition coefficient (Wildman–Crippen LogP) is 3.68. The number of nitrogens with zero attached hydrogens (tertiary/aromatic N) is 5. The van der Waals surface area contributed by atoms with Gasteiger partial charge in [0.15, 0.2) is 17.0 Å². The zero-order valence-corrected chi connectivity index (χ0v) is 12.5. The van der Waals surface area contributed by atoms with Crippen molar-refractivity contribution in [3.05, 3.63) is 41.5 Å². The van der Waals surface area contributed by atoms with E-state index in [1.165, 1.54) is 5.54 Å². The molecule has 0 radical (unpaired) electrons. The molecule has 0 aliphatic heterocycles. The third kappa shape index (κ3) is 2.68. The van der Waals surface area contributed by atoms with Crippen LogP contribution in [0.2, 0.25) is 5.28 Å². The average Bonchev–Trinajstić information content (AvgIpc) is 2.91. The van der Waals surface area contributed by atoms with E-state index in [1.807, 2.05) is 25.1 Å². The summed E-state index contributed by atoms with van der Waals surface area (Å²) >= 11 is 11.7. The fourth-order valence-corrected chi connectivity index (χ4v) is 2.10. The Labute approximate surface area is 130 Å². The van der Waals surface area contributed by atoms with Gasteiger partial charge >= 0.3 is 0 Å². The van der Waals surface area contributed by atoms with E-state index in [9.17, 15) is 0 Å². The average molecular weight is 321 g/mol. The first-order valence-electron chi connectivity index (χ1n) is 6.05. The summed E-state index contributed by atoms with van der Waals surface area (Å²) in [5, 5.41) is 3.20. The normalized spacial score (nSPS) is 11.9. The van der Waals surface area contributed by atoms with Crippen LogP contribution in [0.5, 0.6) is 0 Å². The highest BCUT2D eigenvalue weighted by molar-refractivity contribution is 6.29. The Bertz CT molecular complexity index is 812. The fraction of sp³-hybridized carbons (Fsp3) is 0.0769. The van der Waals surface area contributed by atoms with Crippen molar-refractivity contribution in [3.8, 4) is 0 Å². The van der Waals surface area contributed by atoms with Crippen molar-refractivity contribution in [3.63, 3.8) is 0 Å². The van der Waals surface area contributed by atoms with Gasteiger partial charge in [0.05, 0.1) is 0 Å². The molecule has 0 unspecified atom stereocenters. The number of imidazole rings is 1. The lowest BCUT2D eigenvalue weighted by molar-refractivity contribution is 1.08. The standard InChI is InChI=1S/C13H10Cl2N6/c1-8(6-14)21-7-17-10-11(19-13(15)20-12(10)21)18-9-4-2-3-5-16-9/h2-7H,1H3,(H,16,18,19,20)/b8-6-. The van der Waals surface area contributed by atoms with E-state index in [0.29, 0.717) is 22.8 Å². The summed E-state index contributed by atoms with van der Waals surface area (Å²) in [7, 11) is 0. The number of halogens is 2. The van der Waals surface area contributed by atoms with Crippen molar-refractivity contribution in [2.24, 2.45) is 0 Å². The SMILES string of the molecule is C/C(=C/Cl)n1cnc2c(Nc3ccccn3)nc(Cl)nc21. The van der Waals surface area contributed by atoms with Crippen LogP contribution in [0.3, 0.4) is 0 Å². The summed E-state index contributed by atoms with van der Waals surface area (Å²) in [5.74, 6) is 1.14. The van der Waals surface area contributed by atoms with Crippen molar-refractivity contribution in [2.75, 3.05) is 5.32 Å². The Morgan fingerprint density at radius 2 is 2.14 bits per heavy atom.